The fourth-order valence-corrected chi connectivity index (χ4v) is 2.92. The minimum atomic E-state index is 0.537. The molecule has 0 fully saturated rings. The van der Waals surface area contributed by atoms with Crippen molar-refractivity contribution in [2.45, 2.75) is 6.92 Å². The summed E-state index contributed by atoms with van der Waals surface area (Å²) < 4.78 is 0. The van der Waals surface area contributed by atoms with E-state index in [4.69, 9.17) is 23.2 Å². The highest BCUT2D eigenvalue weighted by molar-refractivity contribution is 7.14. The Morgan fingerprint density at radius 3 is 2.48 bits per heavy atom. The normalized spacial score (nSPS) is 10.6. The Hall–Kier alpha value is -1.55. The van der Waals surface area contributed by atoms with Gasteiger partial charge in [-0.25, -0.2) is 4.98 Å². The molecule has 0 aliphatic carbocycles. The summed E-state index contributed by atoms with van der Waals surface area (Å²) in [5.41, 5.74) is 4.10. The van der Waals surface area contributed by atoms with Crippen LogP contribution in [0.4, 0.5) is 10.8 Å². The van der Waals surface area contributed by atoms with E-state index in [0.717, 1.165) is 22.1 Å². The lowest BCUT2D eigenvalue weighted by Crippen LogP contribution is -1.89. The highest BCUT2D eigenvalue weighted by Crippen LogP contribution is 2.31. The van der Waals surface area contributed by atoms with Gasteiger partial charge in [-0.3, -0.25) is 0 Å². The number of rotatable bonds is 3. The van der Waals surface area contributed by atoms with Gasteiger partial charge in [0, 0.05) is 16.6 Å². The van der Waals surface area contributed by atoms with Crippen molar-refractivity contribution >= 4 is 45.4 Å². The topological polar surface area (TPSA) is 24.9 Å². The number of hydrogen-bond acceptors (Lipinski definition) is 3. The van der Waals surface area contributed by atoms with E-state index in [0.29, 0.717) is 10.0 Å². The summed E-state index contributed by atoms with van der Waals surface area (Å²) >= 11 is 13.5. The Kier molecular flexibility index (Phi) is 4.15. The molecule has 1 N–H and O–H groups in total. The molecule has 106 valence electrons. The molecule has 1 heterocycles. The molecule has 0 spiro atoms. The molecule has 0 unspecified atom stereocenters. The van der Waals surface area contributed by atoms with Crippen LogP contribution in [0, 0.1) is 6.92 Å². The first-order valence-electron chi connectivity index (χ1n) is 6.36. The number of nitrogens with zero attached hydrogens (tertiary/aromatic N) is 1. The van der Waals surface area contributed by atoms with Gasteiger partial charge in [0.05, 0.1) is 15.7 Å². The molecule has 0 radical (unpaired) electrons. The molecular weight excluding hydrogens is 323 g/mol. The van der Waals surface area contributed by atoms with Crippen LogP contribution in [0.1, 0.15) is 5.56 Å². The number of hydrogen-bond donors (Lipinski definition) is 1. The third-order valence-corrected chi connectivity index (χ3v) is 4.52. The number of anilines is 2. The lowest BCUT2D eigenvalue weighted by Gasteiger charge is -2.02. The van der Waals surface area contributed by atoms with E-state index in [-0.39, 0.29) is 0 Å². The minimum Gasteiger partial charge on any atom is -0.332 e. The van der Waals surface area contributed by atoms with Crippen LogP contribution < -0.4 is 5.32 Å². The maximum absolute atomic E-state index is 6.04. The number of thiazole rings is 1. The summed E-state index contributed by atoms with van der Waals surface area (Å²) in [7, 11) is 0. The Morgan fingerprint density at radius 2 is 1.76 bits per heavy atom. The highest BCUT2D eigenvalue weighted by atomic mass is 35.5. The van der Waals surface area contributed by atoms with Crippen molar-refractivity contribution in [3.8, 4) is 11.3 Å². The first kappa shape index (κ1) is 14.4. The molecule has 2 nitrogen and oxygen atoms in total. The SMILES string of the molecule is Cc1ccc(Nc2nc(-c3ccc(Cl)c(Cl)c3)cs2)cc1. The molecule has 0 saturated carbocycles. The Balaban J connectivity index is 1.82. The first-order chi connectivity index (χ1) is 10.1. The minimum absolute atomic E-state index is 0.537. The van der Waals surface area contributed by atoms with Crippen LogP contribution in [0.2, 0.25) is 10.0 Å². The van der Waals surface area contributed by atoms with Crippen LogP contribution in [0.15, 0.2) is 47.8 Å². The Morgan fingerprint density at radius 1 is 1.00 bits per heavy atom. The standard InChI is InChI=1S/C16H12Cl2N2S/c1-10-2-5-12(6-3-10)19-16-20-15(9-21-16)11-4-7-13(17)14(18)8-11/h2-9H,1H3,(H,19,20). The molecular formula is C16H12Cl2N2S. The molecule has 0 saturated heterocycles. The number of halogens is 2. The van der Waals surface area contributed by atoms with Gasteiger partial charge >= 0.3 is 0 Å². The number of aromatic nitrogens is 1. The molecule has 0 atom stereocenters. The Bertz CT molecular complexity index is 766. The van der Waals surface area contributed by atoms with Gasteiger partial charge in [0.15, 0.2) is 5.13 Å². The van der Waals surface area contributed by atoms with Gasteiger partial charge < -0.3 is 5.32 Å². The maximum Gasteiger partial charge on any atom is 0.187 e. The predicted molar refractivity (Wildman–Crippen MR) is 92.0 cm³/mol. The molecule has 3 rings (SSSR count). The van der Waals surface area contributed by atoms with E-state index in [1.807, 2.05) is 29.6 Å². The molecule has 1 aromatic heterocycles. The molecule has 3 aromatic rings. The maximum atomic E-state index is 6.04. The second kappa shape index (κ2) is 6.06. The van der Waals surface area contributed by atoms with E-state index >= 15 is 0 Å². The van der Waals surface area contributed by atoms with E-state index in [1.165, 1.54) is 5.56 Å². The zero-order valence-corrected chi connectivity index (χ0v) is 13.6. The number of nitrogens with one attached hydrogen (secondary N) is 1. The third kappa shape index (κ3) is 3.38. The van der Waals surface area contributed by atoms with Gasteiger partial charge in [-0.2, -0.15) is 0 Å². The lowest BCUT2D eigenvalue weighted by atomic mass is 10.2. The summed E-state index contributed by atoms with van der Waals surface area (Å²) in [6.07, 6.45) is 0. The van der Waals surface area contributed by atoms with Crippen molar-refractivity contribution in [3.63, 3.8) is 0 Å². The summed E-state index contributed by atoms with van der Waals surface area (Å²) in [5.74, 6) is 0. The number of benzene rings is 2. The van der Waals surface area contributed by atoms with E-state index in [9.17, 15) is 0 Å². The van der Waals surface area contributed by atoms with Gasteiger partial charge in [0.2, 0.25) is 0 Å². The van der Waals surface area contributed by atoms with Crippen molar-refractivity contribution < 1.29 is 0 Å². The third-order valence-electron chi connectivity index (χ3n) is 3.02. The van der Waals surface area contributed by atoms with Crippen LogP contribution >= 0.6 is 34.5 Å². The molecule has 0 aliphatic rings. The summed E-state index contributed by atoms with van der Waals surface area (Å²) in [6.45, 7) is 2.07. The average molecular weight is 335 g/mol. The zero-order valence-electron chi connectivity index (χ0n) is 11.2. The van der Waals surface area contributed by atoms with Gasteiger partial charge in [0.1, 0.15) is 0 Å². The zero-order chi connectivity index (χ0) is 14.8. The van der Waals surface area contributed by atoms with Gasteiger partial charge in [-0.05, 0) is 31.2 Å². The summed E-state index contributed by atoms with van der Waals surface area (Å²) in [6, 6.07) is 13.7. The van der Waals surface area contributed by atoms with Crippen molar-refractivity contribution in [1.29, 1.82) is 0 Å². The van der Waals surface area contributed by atoms with E-state index in [2.05, 4.69) is 29.4 Å². The quantitative estimate of drug-likeness (QED) is 0.619. The van der Waals surface area contributed by atoms with Crippen molar-refractivity contribution in [1.82, 2.24) is 4.98 Å². The fourth-order valence-electron chi connectivity index (χ4n) is 1.88. The van der Waals surface area contributed by atoms with Crippen LogP contribution in [0.25, 0.3) is 11.3 Å². The first-order valence-corrected chi connectivity index (χ1v) is 8.00. The van der Waals surface area contributed by atoms with Crippen LogP contribution in [0.3, 0.4) is 0 Å². The van der Waals surface area contributed by atoms with Crippen LogP contribution in [-0.2, 0) is 0 Å². The second-order valence-corrected chi connectivity index (χ2v) is 6.33. The number of aryl methyl sites for hydroxylation is 1. The summed E-state index contributed by atoms with van der Waals surface area (Å²) in [4.78, 5) is 4.57. The average Bonchev–Trinajstić information content (AvgIpc) is 2.93. The van der Waals surface area contributed by atoms with Crippen LogP contribution in [-0.4, -0.2) is 4.98 Å². The van der Waals surface area contributed by atoms with Gasteiger partial charge in [0.25, 0.3) is 0 Å². The van der Waals surface area contributed by atoms with Gasteiger partial charge in [-0.15, -0.1) is 11.3 Å². The molecule has 5 heteroatoms. The predicted octanol–water partition coefficient (Wildman–Crippen LogP) is 6.17. The largest absolute Gasteiger partial charge is 0.332 e. The van der Waals surface area contributed by atoms with Crippen molar-refractivity contribution in [3.05, 3.63) is 63.5 Å². The lowest BCUT2D eigenvalue weighted by molar-refractivity contribution is 1.38. The summed E-state index contributed by atoms with van der Waals surface area (Å²) in [5, 5.41) is 7.23. The molecule has 2 aromatic carbocycles. The van der Waals surface area contributed by atoms with Gasteiger partial charge in [-0.1, -0.05) is 47.0 Å². The smallest absolute Gasteiger partial charge is 0.187 e. The van der Waals surface area contributed by atoms with Crippen molar-refractivity contribution in [2.24, 2.45) is 0 Å². The highest BCUT2D eigenvalue weighted by Gasteiger charge is 2.07. The van der Waals surface area contributed by atoms with E-state index < -0.39 is 0 Å². The fraction of sp³-hybridized carbons (Fsp3) is 0.0625. The molecule has 0 aliphatic heterocycles. The monoisotopic (exact) mass is 334 g/mol. The molecule has 0 amide bonds. The van der Waals surface area contributed by atoms with Crippen molar-refractivity contribution in [2.75, 3.05) is 5.32 Å². The molecule has 21 heavy (non-hydrogen) atoms. The molecule has 0 bridgehead atoms. The van der Waals surface area contributed by atoms with E-state index in [1.54, 1.807) is 17.4 Å². The second-order valence-electron chi connectivity index (χ2n) is 4.66. The van der Waals surface area contributed by atoms with Crippen LogP contribution in [0.5, 0.6) is 0 Å². The Labute approximate surface area is 137 Å².